The van der Waals surface area contributed by atoms with Crippen LogP contribution in [0, 0.1) is 5.41 Å². The van der Waals surface area contributed by atoms with Gasteiger partial charge in [0.15, 0.2) is 0 Å². The molecule has 0 spiro atoms. The number of hydrogen-bond donors (Lipinski definition) is 0. The zero-order chi connectivity index (χ0) is 19.0. The van der Waals surface area contributed by atoms with E-state index < -0.39 is 0 Å². The van der Waals surface area contributed by atoms with Gasteiger partial charge in [-0.15, -0.1) is 0 Å². The summed E-state index contributed by atoms with van der Waals surface area (Å²) in [6.45, 7) is 11.3. The lowest BCUT2D eigenvalue weighted by molar-refractivity contribution is 0.419. The van der Waals surface area contributed by atoms with Gasteiger partial charge in [-0.2, -0.15) is 0 Å². The van der Waals surface area contributed by atoms with E-state index in [9.17, 15) is 0 Å². The van der Waals surface area contributed by atoms with Gasteiger partial charge in [0.25, 0.3) is 0 Å². The maximum absolute atomic E-state index is 2.47. The van der Waals surface area contributed by atoms with Crippen LogP contribution in [-0.4, -0.2) is 0 Å². The molecule has 0 N–H and O–H groups in total. The summed E-state index contributed by atoms with van der Waals surface area (Å²) in [4.78, 5) is 0. The van der Waals surface area contributed by atoms with Crippen molar-refractivity contribution in [3.63, 3.8) is 0 Å². The van der Waals surface area contributed by atoms with Crippen LogP contribution in [0.4, 0.5) is 0 Å². The maximum Gasteiger partial charge on any atom is -0.0136 e. The van der Waals surface area contributed by atoms with E-state index in [2.05, 4.69) is 101 Å². The van der Waals surface area contributed by atoms with Crippen LogP contribution >= 0.6 is 0 Å². The zero-order valence-electron chi connectivity index (χ0n) is 17.2. The van der Waals surface area contributed by atoms with E-state index in [1.165, 1.54) is 22.3 Å². The highest BCUT2D eigenvalue weighted by molar-refractivity contribution is 5.63. The number of allylic oxidation sites excluding steroid dienone is 4. The molecule has 0 aliphatic carbocycles. The highest BCUT2D eigenvalue weighted by Gasteiger charge is 2.08. The van der Waals surface area contributed by atoms with Crippen LogP contribution in [0.15, 0.2) is 77.9 Å². The Balaban J connectivity index is 2.02. The molecule has 0 bridgehead atoms. The summed E-state index contributed by atoms with van der Waals surface area (Å²) >= 11 is 0. The van der Waals surface area contributed by atoms with Crippen LogP contribution < -0.4 is 0 Å². The first-order valence-corrected chi connectivity index (χ1v) is 9.79. The highest BCUT2D eigenvalue weighted by Crippen LogP contribution is 2.24. The molecule has 0 aromatic heterocycles. The molecule has 0 saturated carbocycles. The Hall–Kier alpha value is -2.08. The Bertz CT molecular complexity index is 718. The summed E-state index contributed by atoms with van der Waals surface area (Å²) in [6, 6.07) is 19.7. The van der Waals surface area contributed by atoms with Gasteiger partial charge in [0.2, 0.25) is 0 Å². The maximum atomic E-state index is 2.47. The minimum Gasteiger partial charge on any atom is -0.0845 e. The predicted octanol–water partition coefficient (Wildman–Crippen LogP) is 8.01. The normalized spacial score (nSPS) is 12.1. The quantitative estimate of drug-likeness (QED) is 0.445. The van der Waals surface area contributed by atoms with Crippen LogP contribution in [-0.2, 0) is 6.42 Å². The van der Waals surface area contributed by atoms with Crippen LogP contribution in [0.2, 0.25) is 0 Å². The molecule has 0 aliphatic rings. The van der Waals surface area contributed by atoms with Gasteiger partial charge in [0.1, 0.15) is 0 Å². The zero-order valence-corrected chi connectivity index (χ0v) is 17.2. The molecule has 0 atom stereocenters. The summed E-state index contributed by atoms with van der Waals surface area (Å²) in [7, 11) is 0. The van der Waals surface area contributed by atoms with Crippen molar-refractivity contribution >= 4 is 0 Å². The van der Waals surface area contributed by atoms with Crippen LogP contribution in [0.25, 0.3) is 11.1 Å². The molecule has 2 aromatic carbocycles. The standard InChI is InChI=1S/C26H34/c1-21(2)11-12-23(19-20-26(3,4)5)14-13-22-15-17-25(18-16-22)24-9-7-6-8-10-24/h6-11,15-19H,12-14,20H2,1-5H3/b23-19+. The van der Waals surface area contributed by atoms with E-state index >= 15 is 0 Å². The predicted molar refractivity (Wildman–Crippen MR) is 116 cm³/mol. The molecule has 2 aromatic rings. The summed E-state index contributed by atoms with van der Waals surface area (Å²) in [6.07, 6.45) is 9.31. The molecule has 26 heavy (non-hydrogen) atoms. The number of hydrogen-bond acceptors (Lipinski definition) is 0. The molecule has 0 saturated heterocycles. The summed E-state index contributed by atoms with van der Waals surface area (Å²) in [5.74, 6) is 0. The minimum absolute atomic E-state index is 0.355. The van der Waals surface area contributed by atoms with Crippen molar-refractivity contribution in [2.24, 2.45) is 5.41 Å². The van der Waals surface area contributed by atoms with Gasteiger partial charge in [-0.25, -0.2) is 0 Å². The SMILES string of the molecule is CC(C)=CC/C(=C\CC(C)(C)C)CCc1ccc(-c2ccccc2)cc1. The third-order valence-electron chi connectivity index (χ3n) is 4.57. The molecule has 138 valence electrons. The second kappa shape index (κ2) is 9.57. The molecular formula is C26H34. The topological polar surface area (TPSA) is 0 Å². The van der Waals surface area contributed by atoms with Gasteiger partial charge >= 0.3 is 0 Å². The van der Waals surface area contributed by atoms with Crippen molar-refractivity contribution in [1.82, 2.24) is 0 Å². The minimum atomic E-state index is 0.355. The van der Waals surface area contributed by atoms with E-state index in [0.717, 1.165) is 25.7 Å². The van der Waals surface area contributed by atoms with Gasteiger partial charge < -0.3 is 0 Å². The fraction of sp³-hybridized carbons (Fsp3) is 0.385. The van der Waals surface area contributed by atoms with E-state index in [1.807, 2.05) is 0 Å². The van der Waals surface area contributed by atoms with Crippen molar-refractivity contribution in [3.8, 4) is 11.1 Å². The smallest absolute Gasteiger partial charge is 0.0136 e. The van der Waals surface area contributed by atoms with Crippen molar-refractivity contribution in [1.29, 1.82) is 0 Å². The van der Waals surface area contributed by atoms with Gasteiger partial charge in [0, 0.05) is 0 Å². The van der Waals surface area contributed by atoms with Gasteiger partial charge in [0.05, 0.1) is 0 Å². The largest absolute Gasteiger partial charge is 0.0845 e. The first kappa shape index (κ1) is 20.2. The van der Waals surface area contributed by atoms with Crippen molar-refractivity contribution in [2.45, 2.75) is 60.3 Å². The van der Waals surface area contributed by atoms with Crippen LogP contribution in [0.3, 0.4) is 0 Å². The highest BCUT2D eigenvalue weighted by atomic mass is 14.1. The van der Waals surface area contributed by atoms with Crippen molar-refractivity contribution < 1.29 is 0 Å². The molecule has 0 nitrogen and oxygen atoms in total. The molecule has 0 amide bonds. The lowest BCUT2D eigenvalue weighted by Gasteiger charge is -2.16. The van der Waals surface area contributed by atoms with E-state index in [4.69, 9.17) is 0 Å². The van der Waals surface area contributed by atoms with Crippen molar-refractivity contribution in [2.75, 3.05) is 0 Å². The fourth-order valence-electron chi connectivity index (χ4n) is 2.87. The Labute approximate surface area is 160 Å². The van der Waals surface area contributed by atoms with Gasteiger partial charge in [-0.3, -0.25) is 0 Å². The molecular weight excluding hydrogens is 312 g/mol. The summed E-state index contributed by atoms with van der Waals surface area (Å²) in [5, 5.41) is 0. The van der Waals surface area contributed by atoms with Gasteiger partial charge in [-0.1, -0.05) is 98.7 Å². The molecule has 0 fully saturated rings. The third-order valence-corrected chi connectivity index (χ3v) is 4.57. The fourth-order valence-corrected chi connectivity index (χ4v) is 2.87. The average Bonchev–Trinajstić information content (AvgIpc) is 2.61. The van der Waals surface area contributed by atoms with Crippen LogP contribution in [0.5, 0.6) is 0 Å². The Morgan fingerprint density at radius 2 is 1.42 bits per heavy atom. The third kappa shape index (κ3) is 7.44. The second-order valence-corrected chi connectivity index (χ2v) is 8.68. The van der Waals surface area contributed by atoms with E-state index in [-0.39, 0.29) is 0 Å². The molecule has 0 heterocycles. The lowest BCUT2D eigenvalue weighted by Crippen LogP contribution is -2.03. The van der Waals surface area contributed by atoms with Gasteiger partial charge in [-0.05, 0) is 61.6 Å². The second-order valence-electron chi connectivity index (χ2n) is 8.68. The average molecular weight is 347 g/mol. The Morgan fingerprint density at radius 3 is 2.00 bits per heavy atom. The van der Waals surface area contributed by atoms with E-state index in [0.29, 0.717) is 5.41 Å². The van der Waals surface area contributed by atoms with Crippen LogP contribution in [0.1, 0.15) is 59.4 Å². The molecule has 0 aliphatic heterocycles. The van der Waals surface area contributed by atoms with E-state index in [1.54, 1.807) is 5.57 Å². The first-order chi connectivity index (χ1) is 12.3. The first-order valence-electron chi connectivity index (χ1n) is 9.79. The lowest BCUT2D eigenvalue weighted by atomic mass is 9.89. The molecule has 0 radical (unpaired) electrons. The summed E-state index contributed by atoms with van der Waals surface area (Å²) < 4.78 is 0. The number of rotatable bonds is 7. The Kier molecular flexibility index (Phi) is 7.45. The van der Waals surface area contributed by atoms with Crippen molar-refractivity contribution in [3.05, 3.63) is 83.5 Å². The molecule has 0 heteroatoms. The monoisotopic (exact) mass is 346 g/mol. The number of benzene rings is 2. The molecule has 2 rings (SSSR count). The summed E-state index contributed by atoms with van der Waals surface area (Å²) in [5.41, 5.74) is 7.32. The number of aryl methyl sites for hydroxylation is 1. The molecule has 0 unspecified atom stereocenters. The Morgan fingerprint density at radius 1 is 0.808 bits per heavy atom.